The van der Waals surface area contributed by atoms with Gasteiger partial charge >= 0.3 is 6.21 Å². The minimum Gasteiger partial charge on any atom is -0.361 e. The second-order valence-electron chi connectivity index (χ2n) is 6.01. The average molecular weight is 315 g/mol. The van der Waals surface area contributed by atoms with Crippen LogP contribution in [0.5, 0.6) is 0 Å². The third-order valence-corrected chi connectivity index (χ3v) is 4.04. The van der Waals surface area contributed by atoms with Crippen molar-refractivity contribution in [2.24, 2.45) is 0 Å². The van der Waals surface area contributed by atoms with Crippen LogP contribution in [0, 0.1) is 20.8 Å². The van der Waals surface area contributed by atoms with Crippen molar-refractivity contribution in [2.75, 3.05) is 0 Å². The molecule has 24 heavy (non-hydrogen) atoms. The summed E-state index contributed by atoms with van der Waals surface area (Å²) in [5, 5.41) is 0.772. The molecule has 118 valence electrons. The van der Waals surface area contributed by atoms with E-state index in [9.17, 15) is 4.79 Å². The largest absolute Gasteiger partial charge is 0.361 e. The Kier molecular flexibility index (Phi) is 4.07. The number of aromatic nitrogens is 1. The molecule has 0 aliphatic heterocycles. The van der Waals surface area contributed by atoms with Gasteiger partial charge in [-0.15, -0.1) is 0 Å². The van der Waals surface area contributed by atoms with Gasteiger partial charge in [0.2, 0.25) is 0 Å². The Bertz CT molecular complexity index is 998. The molecule has 0 N–H and O–H groups in total. The van der Waals surface area contributed by atoms with Crippen LogP contribution in [0.4, 0.5) is 0 Å². The van der Waals surface area contributed by atoms with E-state index in [-0.39, 0.29) is 5.78 Å². The number of benzene rings is 2. The number of aryl methyl sites for hydroxylation is 3. The summed E-state index contributed by atoms with van der Waals surface area (Å²) in [7, 11) is 0. The lowest BCUT2D eigenvalue weighted by atomic mass is 9.97. The lowest BCUT2D eigenvalue weighted by Gasteiger charge is -2.10. The van der Waals surface area contributed by atoms with Crippen LogP contribution in [0.3, 0.4) is 0 Å². The Labute approximate surface area is 140 Å². The number of hydrogen-bond acceptors (Lipinski definition) is 2. The highest BCUT2D eigenvalue weighted by Gasteiger charge is 2.16. The molecule has 0 radical (unpaired) electrons. The van der Waals surface area contributed by atoms with Gasteiger partial charge in [-0.05, 0) is 38.5 Å². The molecule has 0 aliphatic rings. The summed E-state index contributed by atoms with van der Waals surface area (Å²) >= 11 is 0. The highest BCUT2D eigenvalue weighted by atomic mass is 16.1. The molecule has 0 atom stereocenters. The van der Waals surface area contributed by atoms with Crippen molar-refractivity contribution in [3.8, 4) is 11.3 Å². The van der Waals surface area contributed by atoms with Crippen LogP contribution >= 0.6 is 0 Å². The number of hydrogen-bond donors (Lipinski definition) is 0. The third-order valence-electron chi connectivity index (χ3n) is 4.04. The van der Waals surface area contributed by atoms with Gasteiger partial charge in [0, 0.05) is 16.5 Å². The first-order chi connectivity index (χ1) is 11.5. The van der Waals surface area contributed by atoms with Gasteiger partial charge in [0.1, 0.15) is 0 Å². The topological polar surface area (TPSA) is 66.4 Å². The fraction of sp³-hybridized carbons (Fsp3) is 0.150. The van der Waals surface area contributed by atoms with Gasteiger partial charge in [0.25, 0.3) is 5.78 Å². The van der Waals surface area contributed by atoms with Crippen molar-refractivity contribution in [3.05, 3.63) is 70.2 Å². The molecule has 0 amide bonds. The SMILES string of the molecule is Cc1ccc(-c2cc(C(=O)C=[N+]=[N-])c3cc(C)cc(C)c3n2)cc1. The van der Waals surface area contributed by atoms with Crippen LogP contribution < -0.4 is 0 Å². The van der Waals surface area contributed by atoms with Crippen molar-refractivity contribution >= 4 is 22.9 Å². The molecule has 0 aliphatic carbocycles. The molecule has 0 saturated carbocycles. The molecule has 1 aromatic heterocycles. The summed E-state index contributed by atoms with van der Waals surface area (Å²) in [5.74, 6) is -0.344. The zero-order chi connectivity index (χ0) is 17.3. The molecule has 0 bridgehead atoms. The van der Waals surface area contributed by atoms with E-state index in [1.165, 1.54) is 0 Å². The monoisotopic (exact) mass is 315 g/mol. The van der Waals surface area contributed by atoms with E-state index < -0.39 is 0 Å². The molecule has 4 heteroatoms. The van der Waals surface area contributed by atoms with Crippen molar-refractivity contribution in [1.29, 1.82) is 0 Å². The summed E-state index contributed by atoms with van der Waals surface area (Å²) in [5.41, 5.74) is 14.9. The van der Waals surface area contributed by atoms with Gasteiger partial charge < -0.3 is 5.53 Å². The molecule has 0 fully saturated rings. The van der Waals surface area contributed by atoms with E-state index in [1.807, 2.05) is 57.2 Å². The lowest BCUT2D eigenvalue weighted by molar-refractivity contribution is 0.00236. The minimum atomic E-state index is -0.344. The maximum atomic E-state index is 12.4. The van der Waals surface area contributed by atoms with Crippen molar-refractivity contribution in [3.63, 3.8) is 0 Å². The smallest absolute Gasteiger partial charge is 0.328 e. The number of carbonyl (C=O) groups excluding carboxylic acids is 1. The van der Waals surface area contributed by atoms with Gasteiger partial charge in [-0.3, -0.25) is 4.79 Å². The number of fused-ring (bicyclic) bond motifs is 1. The Morgan fingerprint density at radius 2 is 1.75 bits per heavy atom. The van der Waals surface area contributed by atoms with Crippen LogP contribution in [0.25, 0.3) is 27.7 Å². The minimum absolute atomic E-state index is 0.344. The first kappa shape index (κ1) is 15.8. The third kappa shape index (κ3) is 2.87. The molecule has 3 aromatic rings. The van der Waals surface area contributed by atoms with Gasteiger partial charge in [0.15, 0.2) is 0 Å². The van der Waals surface area contributed by atoms with Crippen molar-refractivity contribution < 1.29 is 9.58 Å². The highest BCUT2D eigenvalue weighted by Crippen LogP contribution is 2.28. The number of carbonyl (C=O) groups is 1. The maximum absolute atomic E-state index is 12.4. The molecule has 0 spiro atoms. The van der Waals surface area contributed by atoms with E-state index in [2.05, 4.69) is 4.79 Å². The summed E-state index contributed by atoms with van der Waals surface area (Å²) < 4.78 is 0. The van der Waals surface area contributed by atoms with Gasteiger partial charge in [-0.1, -0.05) is 41.5 Å². The second-order valence-corrected chi connectivity index (χ2v) is 6.01. The summed E-state index contributed by atoms with van der Waals surface area (Å²) in [6.45, 7) is 5.99. The first-order valence-corrected chi connectivity index (χ1v) is 7.70. The first-order valence-electron chi connectivity index (χ1n) is 7.70. The Morgan fingerprint density at radius 3 is 2.42 bits per heavy atom. The number of ketones is 1. The van der Waals surface area contributed by atoms with E-state index in [0.29, 0.717) is 5.56 Å². The number of pyridine rings is 1. The van der Waals surface area contributed by atoms with E-state index in [4.69, 9.17) is 10.5 Å². The Hall–Kier alpha value is -3.10. The molecule has 3 rings (SSSR count). The zero-order valence-corrected chi connectivity index (χ0v) is 13.9. The molecular formula is C20H17N3O. The molecule has 1 heterocycles. The maximum Gasteiger partial charge on any atom is 0.328 e. The van der Waals surface area contributed by atoms with Crippen LogP contribution in [0.2, 0.25) is 0 Å². The summed E-state index contributed by atoms with van der Waals surface area (Å²) in [6, 6.07) is 13.7. The predicted octanol–water partition coefficient (Wildman–Crippen LogP) is 4.31. The Morgan fingerprint density at radius 1 is 1.04 bits per heavy atom. The van der Waals surface area contributed by atoms with E-state index in [0.717, 1.165) is 45.1 Å². The number of rotatable bonds is 3. The van der Waals surface area contributed by atoms with E-state index >= 15 is 0 Å². The molecular weight excluding hydrogens is 298 g/mol. The number of nitrogens with zero attached hydrogens (tertiary/aromatic N) is 3. The zero-order valence-electron chi connectivity index (χ0n) is 13.9. The lowest BCUT2D eigenvalue weighted by Crippen LogP contribution is -2.05. The van der Waals surface area contributed by atoms with E-state index in [1.54, 1.807) is 6.07 Å². The van der Waals surface area contributed by atoms with Gasteiger partial charge in [-0.25, -0.2) is 4.98 Å². The van der Waals surface area contributed by atoms with Crippen LogP contribution in [0.1, 0.15) is 27.0 Å². The molecule has 0 saturated heterocycles. The quantitative estimate of drug-likeness (QED) is 0.313. The van der Waals surface area contributed by atoms with Crippen LogP contribution in [-0.2, 0) is 0 Å². The molecule has 0 unspecified atom stereocenters. The molecule has 4 nitrogen and oxygen atoms in total. The van der Waals surface area contributed by atoms with Crippen molar-refractivity contribution in [2.45, 2.75) is 20.8 Å². The standard InChI is InChI=1S/C20H17N3O/c1-12-4-6-15(7-5-12)18-10-16(19(24)11-22-21)17-9-13(2)8-14(3)20(17)23-18/h4-11H,1-3H3. The summed E-state index contributed by atoms with van der Waals surface area (Å²) in [4.78, 5) is 20.0. The fourth-order valence-electron chi connectivity index (χ4n) is 2.88. The Balaban J connectivity index is 2.35. The average Bonchev–Trinajstić information content (AvgIpc) is 2.55. The molecule has 2 aromatic carbocycles. The van der Waals surface area contributed by atoms with Gasteiger partial charge in [-0.2, -0.15) is 4.79 Å². The number of Topliss-reactive ketones (excluding diaryl/α,β-unsaturated/α-hetero) is 1. The predicted molar refractivity (Wildman–Crippen MR) is 95.4 cm³/mol. The highest BCUT2D eigenvalue weighted by molar-refractivity contribution is 6.36. The fourth-order valence-corrected chi connectivity index (χ4v) is 2.88. The van der Waals surface area contributed by atoms with Crippen molar-refractivity contribution in [1.82, 2.24) is 4.98 Å². The normalized spacial score (nSPS) is 10.5. The van der Waals surface area contributed by atoms with Crippen LogP contribution in [0.15, 0.2) is 42.5 Å². The van der Waals surface area contributed by atoms with Crippen LogP contribution in [-0.4, -0.2) is 21.8 Å². The summed E-state index contributed by atoms with van der Waals surface area (Å²) in [6.07, 6.45) is 0.922. The van der Waals surface area contributed by atoms with Gasteiger partial charge in [0.05, 0.1) is 11.2 Å². The second kappa shape index (κ2) is 6.19.